The van der Waals surface area contributed by atoms with Crippen molar-refractivity contribution in [2.75, 3.05) is 13.1 Å². The van der Waals surface area contributed by atoms with Gasteiger partial charge in [0.05, 0.1) is 12.5 Å². The quantitative estimate of drug-likeness (QED) is 0.666. The molecule has 0 aromatic heterocycles. The number of hydrogen-bond acceptors (Lipinski definition) is 3. The Labute approximate surface area is 121 Å². The van der Waals surface area contributed by atoms with Gasteiger partial charge in [0.1, 0.15) is 0 Å². The number of carboxylic acids is 1. The SMILES string of the molecule is CCC(C)(C)NC(=O)CNCC1CCC(C(=O)O)CC1. The van der Waals surface area contributed by atoms with Crippen LogP contribution in [-0.2, 0) is 9.59 Å². The van der Waals surface area contributed by atoms with Crippen LogP contribution in [-0.4, -0.2) is 35.6 Å². The third kappa shape index (κ3) is 5.90. The predicted molar refractivity (Wildman–Crippen MR) is 78.5 cm³/mol. The molecular formula is C15H28N2O3. The van der Waals surface area contributed by atoms with E-state index in [0.29, 0.717) is 12.5 Å². The van der Waals surface area contributed by atoms with Crippen molar-refractivity contribution >= 4 is 11.9 Å². The number of carbonyl (C=O) groups is 2. The number of aliphatic carboxylic acids is 1. The molecule has 0 saturated heterocycles. The molecule has 0 aromatic rings. The molecule has 3 N–H and O–H groups in total. The van der Waals surface area contributed by atoms with E-state index in [1.54, 1.807) is 0 Å². The lowest BCUT2D eigenvalue weighted by molar-refractivity contribution is -0.143. The van der Waals surface area contributed by atoms with Crippen LogP contribution in [0.2, 0.25) is 0 Å². The molecule has 1 amide bonds. The standard InChI is InChI=1S/C15H28N2O3/c1-4-15(2,3)17-13(18)10-16-9-11-5-7-12(8-6-11)14(19)20/h11-12,16H,4-10H2,1-3H3,(H,17,18)(H,19,20). The number of carboxylic acid groups (broad SMARTS) is 1. The van der Waals surface area contributed by atoms with Crippen LogP contribution in [0.1, 0.15) is 52.9 Å². The highest BCUT2D eigenvalue weighted by atomic mass is 16.4. The molecule has 0 atom stereocenters. The van der Waals surface area contributed by atoms with Gasteiger partial charge in [-0.05, 0) is 58.4 Å². The third-order valence-corrected chi connectivity index (χ3v) is 4.28. The van der Waals surface area contributed by atoms with Crippen molar-refractivity contribution in [3.63, 3.8) is 0 Å². The van der Waals surface area contributed by atoms with Gasteiger partial charge in [-0.15, -0.1) is 0 Å². The third-order valence-electron chi connectivity index (χ3n) is 4.28. The van der Waals surface area contributed by atoms with E-state index in [4.69, 9.17) is 5.11 Å². The minimum absolute atomic E-state index is 0.0241. The highest BCUT2D eigenvalue weighted by Crippen LogP contribution is 2.28. The van der Waals surface area contributed by atoms with Gasteiger partial charge in [0, 0.05) is 5.54 Å². The second-order valence-corrected chi connectivity index (χ2v) is 6.47. The largest absolute Gasteiger partial charge is 0.481 e. The van der Waals surface area contributed by atoms with E-state index in [9.17, 15) is 9.59 Å². The molecule has 5 heteroatoms. The second-order valence-electron chi connectivity index (χ2n) is 6.47. The van der Waals surface area contributed by atoms with Gasteiger partial charge in [0.25, 0.3) is 0 Å². The fourth-order valence-electron chi connectivity index (χ4n) is 2.51. The summed E-state index contributed by atoms with van der Waals surface area (Å²) in [6.45, 7) is 7.21. The average molecular weight is 284 g/mol. The van der Waals surface area contributed by atoms with Crippen molar-refractivity contribution < 1.29 is 14.7 Å². The van der Waals surface area contributed by atoms with Gasteiger partial charge in [0.2, 0.25) is 5.91 Å². The Kier molecular flexibility index (Phi) is 6.46. The van der Waals surface area contributed by atoms with Gasteiger partial charge in [-0.2, -0.15) is 0 Å². The molecule has 20 heavy (non-hydrogen) atoms. The summed E-state index contributed by atoms with van der Waals surface area (Å²) >= 11 is 0. The van der Waals surface area contributed by atoms with Crippen LogP contribution >= 0.6 is 0 Å². The van der Waals surface area contributed by atoms with Crippen LogP contribution < -0.4 is 10.6 Å². The molecule has 1 rings (SSSR count). The topological polar surface area (TPSA) is 78.4 Å². The van der Waals surface area contributed by atoms with Crippen LogP contribution in [0.25, 0.3) is 0 Å². The average Bonchev–Trinajstić information content (AvgIpc) is 2.38. The lowest BCUT2D eigenvalue weighted by Crippen LogP contribution is -2.47. The highest BCUT2D eigenvalue weighted by molar-refractivity contribution is 5.78. The summed E-state index contributed by atoms with van der Waals surface area (Å²) in [6.07, 6.45) is 4.30. The molecule has 0 radical (unpaired) electrons. The summed E-state index contributed by atoms with van der Waals surface area (Å²) in [5, 5.41) is 15.1. The zero-order valence-electron chi connectivity index (χ0n) is 12.9. The number of nitrogens with one attached hydrogen (secondary N) is 2. The van der Waals surface area contributed by atoms with Gasteiger partial charge >= 0.3 is 5.97 Å². The van der Waals surface area contributed by atoms with Crippen LogP contribution in [0.4, 0.5) is 0 Å². The zero-order chi connectivity index (χ0) is 15.2. The normalized spacial score (nSPS) is 23.4. The number of rotatable bonds is 7. The maximum atomic E-state index is 11.7. The van der Waals surface area contributed by atoms with Crippen molar-refractivity contribution in [3.05, 3.63) is 0 Å². The molecule has 1 aliphatic carbocycles. The molecule has 1 saturated carbocycles. The molecule has 1 aliphatic rings. The minimum Gasteiger partial charge on any atom is -0.481 e. The Bertz CT molecular complexity index is 334. The van der Waals surface area contributed by atoms with E-state index in [2.05, 4.69) is 17.6 Å². The van der Waals surface area contributed by atoms with E-state index in [0.717, 1.165) is 38.6 Å². The summed E-state index contributed by atoms with van der Waals surface area (Å²) in [5.74, 6) is -0.314. The van der Waals surface area contributed by atoms with Crippen molar-refractivity contribution in [2.45, 2.75) is 58.4 Å². The fourth-order valence-corrected chi connectivity index (χ4v) is 2.51. The monoisotopic (exact) mass is 284 g/mol. The zero-order valence-corrected chi connectivity index (χ0v) is 12.9. The van der Waals surface area contributed by atoms with E-state index >= 15 is 0 Å². The smallest absolute Gasteiger partial charge is 0.306 e. The fraction of sp³-hybridized carbons (Fsp3) is 0.867. The maximum absolute atomic E-state index is 11.7. The first-order valence-corrected chi connectivity index (χ1v) is 7.58. The molecule has 0 bridgehead atoms. The van der Waals surface area contributed by atoms with Crippen LogP contribution in [0.3, 0.4) is 0 Å². The molecule has 116 valence electrons. The summed E-state index contributed by atoms with van der Waals surface area (Å²) in [4.78, 5) is 22.6. The summed E-state index contributed by atoms with van der Waals surface area (Å²) < 4.78 is 0. The van der Waals surface area contributed by atoms with Crippen molar-refractivity contribution in [1.82, 2.24) is 10.6 Å². The van der Waals surface area contributed by atoms with Crippen molar-refractivity contribution in [3.8, 4) is 0 Å². The molecular weight excluding hydrogens is 256 g/mol. The first-order valence-electron chi connectivity index (χ1n) is 7.58. The molecule has 5 nitrogen and oxygen atoms in total. The van der Waals surface area contributed by atoms with Crippen LogP contribution in [0, 0.1) is 11.8 Å². The molecule has 0 aliphatic heterocycles. The summed E-state index contributed by atoms with van der Waals surface area (Å²) in [5.41, 5.74) is -0.154. The molecule has 0 unspecified atom stereocenters. The molecule has 1 fully saturated rings. The lowest BCUT2D eigenvalue weighted by atomic mass is 9.82. The Morgan fingerprint density at radius 1 is 1.20 bits per heavy atom. The Balaban J connectivity index is 2.16. The lowest BCUT2D eigenvalue weighted by Gasteiger charge is -2.27. The predicted octanol–water partition coefficient (Wildman–Crippen LogP) is 1.77. The van der Waals surface area contributed by atoms with E-state index < -0.39 is 5.97 Å². The van der Waals surface area contributed by atoms with Crippen molar-refractivity contribution in [2.24, 2.45) is 11.8 Å². The molecule has 0 heterocycles. The first kappa shape index (κ1) is 17.0. The van der Waals surface area contributed by atoms with Gasteiger partial charge in [0.15, 0.2) is 0 Å². The summed E-state index contributed by atoms with van der Waals surface area (Å²) in [7, 11) is 0. The highest BCUT2D eigenvalue weighted by Gasteiger charge is 2.25. The Hall–Kier alpha value is -1.10. The molecule has 0 spiro atoms. The van der Waals surface area contributed by atoms with E-state index in [1.165, 1.54) is 0 Å². The van der Waals surface area contributed by atoms with Crippen molar-refractivity contribution in [1.29, 1.82) is 0 Å². The van der Waals surface area contributed by atoms with Crippen LogP contribution in [0.5, 0.6) is 0 Å². The van der Waals surface area contributed by atoms with Crippen LogP contribution in [0.15, 0.2) is 0 Å². The summed E-state index contributed by atoms with van der Waals surface area (Å²) in [6, 6.07) is 0. The van der Waals surface area contributed by atoms with Gasteiger partial charge < -0.3 is 15.7 Å². The maximum Gasteiger partial charge on any atom is 0.306 e. The van der Waals surface area contributed by atoms with Gasteiger partial charge in [-0.3, -0.25) is 9.59 Å². The number of carbonyl (C=O) groups excluding carboxylic acids is 1. The Morgan fingerprint density at radius 3 is 2.30 bits per heavy atom. The molecule has 0 aromatic carbocycles. The second kappa shape index (κ2) is 7.62. The number of amides is 1. The van der Waals surface area contributed by atoms with Gasteiger partial charge in [-0.25, -0.2) is 0 Å². The number of hydrogen-bond donors (Lipinski definition) is 3. The van der Waals surface area contributed by atoms with E-state index in [-0.39, 0.29) is 17.4 Å². The first-order chi connectivity index (χ1) is 9.34. The minimum atomic E-state index is -0.669. The van der Waals surface area contributed by atoms with E-state index in [1.807, 2.05) is 13.8 Å². The van der Waals surface area contributed by atoms with Gasteiger partial charge in [-0.1, -0.05) is 6.92 Å². The Morgan fingerprint density at radius 2 is 1.80 bits per heavy atom.